The Morgan fingerprint density at radius 2 is 2.55 bits per heavy atom. The first-order valence-corrected chi connectivity index (χ1v) is 3.27. The molecule has 1 atom stereocenters. The molecule has 5 heteroatoms. The average molecular weight is 157 g/mol. The molecule has 4 N–H and O–H groups in total. The van der Waals surface area contributed by atoms with Gasteiger partial charge in [-0.2, -0.15) is 0 Å². The highest BCUT2D eigenvalue weighted by atomic mass is 16.3. The van der Waals surface area contributed by atoms with Crippen LogP contribution in [-0.4, -0.2) is 21.5 Å². The van der Waals surface area contributed by atoms with E-state index in [-0.39, 0.29) is 12.2 Å². The van der Waals surface area contributed by atoms with Gasteiger partial charge in [0.15, 0.2) is 0 Å². The molecule has 1 heterocycles. The van der Waals surface area contributed by atoms with Crippen LogP contribution in [0.15, 0.2) is 10.9 Å². The second kappa shape index (κ2) is 2.89. The molecule has 0 bridgehead atoms. The zero-order valence-electron chi connectivity index (χ0n) is 6.24. The van der Waals surface area contributed by atoms with E-state index in [1.54, 1.807) is 7.05 Å². The number of aliphatic hydroxyl groups excluding tert-OH is 1. The maximum absolute atomic E-state index is 10.9. The van der Waals surface area contributed by atoms with Crippen molar-refractivity contribution in [1.82, 2.24) is 9.78 Å². The first kappa shape index (κ1) is 8.03. The van der Waals surface area contributed by atoms with Crippen LogP contribution in [0.4, 0.5) is 0 Å². The van der Waals surface area contributed by atoms with E-state index >= 15 is 0 Å². The van der Waals surface area contributed by atoms with Crippen LogP contribution in [0.25, 0.3) is 0 Å². The smallest absolute Gasteiger partial charge is 0.266 e. The predicted octanol–water partition coefficient (Wildman–Crippen LogP) is -1.29. The third-order valence-electron chi connectivity index (χ3n) is 1.50. The molecule has 62 valence electrons. The van der Waals surface area contributed by atoms with Gasteiger partial charge in [0, 0.05) is 13.1 Å². The molecular formula is C6H11N3O2. The van der Waals surface area contributed by atoms with Gasteiger partial charge >= 0.3 is 0 Å². The highest BCUT2D eigenvalue weighted by Crippen LogP contribution is 2.01. The number of H-pyrrole nitrogens is 1. The van der Waals surface area contributed by atoms with Crippen molar-refractivity contribution in [2.45, 2.75) is 6.04 Å². The molecule has 0 fully saturated rings. The van der Waals surface area contributed by atoms with E-state index in [0.717, 1.165) is 0 Å². The first-order valence-electron chi connectivity index (χ1n) is 3.27. The number of aromatic nitrogens is 2. The molecule has 0 saturated carbocycles. The summed E-state index contributed by atoms with van der Waals surface area (Å²) in [6, 6.07) is 0.879. The SMILES string of the molecule is Cn1[nH]c(C(N)CO)cc1=O. The summed E-state index contributed by atoms with van der Waals surface area (Å²) in [5, 5.41) is 11.3. The van der Waals surface area contributed by atoms with Crippen molar-refractivity contribution in [3.05, 3.63) is 22.1 Å². The third-order valence-corrected chi connectivity index (χ3v) is 1.50. The van der Waals surface area contributed by atoms with E-state index in [9.17, 15) is 4.79 Å². The summed E-state index contributed by atoms with van der Waals surface area (Å²) < 4.78 is 1.31. The Morgan fingerprint density at radius 3 is 2.91 bits per heavy atom. The Balaban J connectivity index is 2.97. The number of aliphatic hydroxyl groups is 1. The number of nitrogens with one attached hydrogen (secondary N) is 1. The lowest BCUT2D eigenvalue weighted by Gasteiger charge is -2.02. The zero-order valence-corrected chi connectivity index (χ0v) is 6.24. The summed E-state index contributed by atoms with van der Waals surface area (Å²) in [5.41, 5.74) is 5.85. The largest absolute Gasteiger partial charge is 0.394 e. The number of hydrogen-bond acceptors (Lipinski definition) is 3. The molecular weight excluding hydrogens is 146 g/mol. The van der Waals surface area contributed by atoms with Gasteiger partial charge in [-0.1, -0.05) is 0 Å². The van der Waals surface area contributed by atoms with E-state index in [4.69, 9.17) is 10.8 Å². The zero-order chi connectivity index (χ0) is 8.43. The predicted molar refractivity (Wildman–Crippen MR) is 40.0 cm³/mol. The van der Waals surface area contributed by atoms with E-state index in [2.05, 4.69) is 5.10 Å². The molecule has 1 aromatic rings. The Hall–Kier alpha value is -1.07. The number of nitrogens with two attached hydrogens (primary N) is 1. The first-order chi connectivity index (χ1) is 5.15. The Labute approximate surface area is 63.4 Å². The quantitative estimate of drug-likeness (QED) is 0.499. The maximum Gasteiger partial charge on any atom is 0.266 e. The number of nitrogens with zero attached hydrogens (tertiary/aromatic N) is 1. The number of aryl methyl sites for hydroxylation is 1. The fourth-order valence-electron chi connectivity index (χ4n) is 0.799. The summed E-state index contributed by atoms with van der Waals surface area (Å²) in [6.07, 6.45) is 0. The van der Waals surface area contributed by atoms with Crippen molar-refractivity contribution >= 4 is 0 Å². The van der Waals surface area contributed by atoms with Crippen molar-refractivity contribution < 1.29 is 5.11 Å². The number of rotatable bonds is 2. The van der Waals surface area contributed by atoms with Gasteiger partial charge in [-0.15, -0.1) is 0 Å². The molecule has 0 radical (unpaired) electrons. The lowest BCUT2D eigenvalue weighted by molar-refractivity contribution is 0.265. The van der Waals surface area contributed by atoms with Crippen molar-refractivity contribution in [1.29, 1.82) is 0 Å². The van der Waals surface area contributed by atoms with Crippen molar-refractivity contribution in [2.24, 2.45) is 12.8 Å². The van der Waals surface area contributed by atoms with E-state index < -0.39 is 6.04 Å². The minimum atomic E-state index is -0.496. The van der Waals surface area contributed by atoms with Crippen LogP contribution in [-0.2, 0) is 7.05 Å². The molecule has 0 spiro atoms. The molecule has 0 amide bonds. The Morgan fingerprint density at radius 1 is 1.91 bits per heavy atom. The van der Waals surface area contributed by atoms with Gasteiger partial charge in [0.25, 0.3) is 5.56 Å². The molecule has 0 aliphatic carbocycles. The third kappa shape index (κ3) is 1.50. The van der Waals surface area contributed by atoms with Gasteiger partial charge in [-0.05, 0) is 0 Å². The van der Waals surface area contributed by atoms with Crippen LogP contribution < -0.4 is 11.3 Å². The summed E-state index contributed by atoms with van der Waals surface area (Å²) in [4.78, 5) is 10.9. The van der Waals surface area contributed by atoms with Crippen LogP contribution in [0.5, 0.6) is 0 Å². The van der Waals surface area contributed by atoms with Gasteiger partial charge in [0.05, 0.1) is 18.3 Å². The summed E-state index contributed by atoms with van der Waals surface area (Å²) >= 11 is 0. The lowest BCUT2D eigenvalue weighted by Crippen LogP contribution is -2.15. The summed E-state index contributed by atoms with van der Waals surface area (Å²) in [7, 11) is 1.59. The highest BCUT2D eigenvalue weighted by molar-refractivity contribution is 5.04. The molecule has 1 unspecified atom stereocenters. The fourth-order valence-corrected chi connectivity index (χ4v) is 0.799. The average Bonchev–Trinajstić information content (AvgIpc) is 2.31. The van der Waals surface area contributed by atoms with E-state index in [1.807, 2.05) is 0 Å². The number of hydrogen-bond donors (Lipinski definition) is 3. The molecule has 11 heavy (non-hydrogen) atoms. The summed E-state index contributed by atoms with van der Waals surface area (Å²) in [6.45, 7) is -0.167. The highest BCUT2D eigenvalue weighted by Gasteiger charge is 2.07. The second-order valence-corrected chi connectivity index (χ2v) is 2.40. The minimum absolute atomic E-state index is 0.149. The van der Waals surface area contributed by atoms with Crippen LogP contribution >= 0.6 is 0 Å². The molecule has 0 saturated heterocycles. The molecule has 1 rings (SSSR count). The molecule has 0 aromatic carbocycles. The standard InChI is InChI=1S/C6H11N3O2/c1-9-6(11)2-5(8-9)4(7)3-10/h2,4,8,10H,3,7H2,1H3. The van der Waals surface area contributed by atoms with Gasteiger partial charge in [-0.3, -0.25) is 14.6 Å². The Kier molecular flexibility index (Phi) is 2.11. The van der Waals surface area contributed by atoms with E-state index in [0.29, 0.717) is 5.69 Å². The monoisotopic (exact) mass is 157 g/mol. The normalized spacial score (nSPS) is 13.4. The molecule has 0 aliphatic heterocycles. The molecule has 5 nitrogen and oxygen atoms in total. The van der Waals surface area contributed by atoms with Crippen LogP contribution in [0.3, 0.4) is 0 Å². The van der Waals surface area contributed by atoms with Crippen molar-refractivity contribution in [3.63, 3.8) is 0 Å². The van der Waals surface area contributed by atoms with Gasteiger partial charge in [-0.25, -0.2) is 0 Å². The van der Waals surface area contributed by atoms with E-state index in [1.165, 1.54) is 10.7 Å². The fraction of sp³-hybridized carbons (Fsp3) is 0.500. The van der Waals surface area contributed by atoms with Crippen molar-refractivity contribution in [3.8, 4) is 0 Å². The Bertz CT molecular complexity index is 288. The number of aromatic amines is 1. The van der Waals surface area contributed by atoms with Gasteiger partial charge in [0.1, 0.15) is 0 Å². The van der Waals surface area contributed by atoms with Gasteiger partial charge < -0.3 is 10.8 Å². The van der Waals surface area contributed by atoms with Crippen molar-refractivity contribution in [2.75, 3.05) is 6.61 Å². The van der Waals surface area contributed by atoms with Crippen LogP contribution in [0.1, 0.15) is 11.7 Å². The summed E-state index contributed by atoms with van der Waals surface area (Å²) in [5.74, 6) is 0. The molecule has 1 aromatic heterocycles. The maximum atomic E-state index is 10.9. The van der Waals surface area contributed by atoms with Crippen LogP contribution in [0, 0.1) is 0 Å². The van der Waals surface area contributed by atoms with Gasteiger partial charge in [0.2, 0.25) is 0 Å². The lowest BCUT2D eigenvalue weighted by atomic mass is 10.2. The van der Waals surface area contributed by atoms with Crippen LogP contribution in [0.2, 0.25) is 0 Å². The second-order valence-electron chi connectivity index (χ2n) is 2.40. The minimum Gasteiger partial charge on any atom is -0.394 e. The topological polar surface area (TPSA) is 84.0 Å². The molecule has 0 aliphatic rings.